The van der Waals surface area contributed by atoms with Gasteiger partial charge in [-0.1, -0.05) is 44.1 Å². The Bertz CT molecular complexity index is 356. The Hall–Kier alpha value is -1.38. The summed E-state index contributed by atoms with van der Waals surface area (Å²) in [6.07, 6.45) is 18.1. The molecule has 1 aliphatic carbocycles. The lowest BCUT2D eigenvalue weighted by molar-refractivity contribution is -0.137. The summed E-state index contributed by atoms with van der Waals surface area (Å²) >= 11 is 0. The van der Waals surface area contributed by atoms with Crippen LogP contribution >= 0.6 is 0 Å². The molecular weight excluding hydrogens is 276 g/mol. The van der Waals surface area contributed by atoms with Gasteiger partial charge in [-0.3, -0.25) is 9.59 Å². The van der Waals surface area contributed by atoms with Gasteiger partial charge in [-0.15, -0.1) is 0 Å². The minimum atomic E-state index is -0.709. The normalized spacial score (nSPS) is 17.9. The van der Waals surface area contributed by atoms with Crippen LogP contribution in [0.1, 0.15) is 78.1 Å². The monoisotopic (exact) mass is 308 g/mol. The Morgan fingerprint density at radius 1 is 1.23 bits per heavy atom. The van der Waals surface area contributed by atoms with E-state index in [1.54, 1.807) is 0 Å². The van der Waals surface area contributed by atoms with Crippen molar-refractivity contribution in [3.63, 3.8) is 0 Å². The fourth-order valence-electron chi connectivity index (χ4n) is 2.35. The highest BCUT2D eigenvalue weighted by molar-refractivity contribution is 5.80. The van der Waals surface area contributed by atoms with Gasteiger partial charge in [-0.25, -0.2) is 0 Å². The van der Waals surface area contributed by atoms with Crippen LogP contribution in [-0.4, -0.2) is 16.9 Å². The summed E-state index contributed by atoms with van der Waals surface area (Å²) in [7, 11) is 0. The van der Waals surface area contributed by atoms with Crippen LogP contribution in [-0.2, 0) is 9.59 Å². The molecule has 0 aromatic rings. The molecule has 0 saturated heterocycles. The zero-order valence-electron chi connectivity index (χ0n) is 14.2. The largest absolute Gasteiger partial charge is 0.481 e. The van der Waals surface area contributed by atoms with Gasteiger partial charge in [0.05, 0.1) is 0 Å². The van der Waals surface area contributed by atoms with E-state index >= 15 is 0 Å². The van der Waals surface area contributed by atoms with Gasteiger partial charge in [0.15, 0.2) is 0 Å². The zero-order valence-corrected chi connectivity index (χ0v) is 14.2. The van der Waals surface area contributed by atoms with Crippen LogP contribution in [0.5, 0.6) is 0 Å². The summed E-state index contributed by atoms with van der Waals surface area (Å²) in [6.45, 7) is 4.15. The summed E-state index contributed by atoms with van der Waals surface area (Å²) in [5, 5.41) is 8.19. The molecule has 0 heterocycles. The number of unbranched alkanes of at least 4 members (excludes halogenated alkanes) is 4. The quantitative estimate of drug-likeness (QED) is 0.464. The Balaban J connectivity index is 0.000000433. The van der Waals surface area contributed by atoms with Crippen LogP contribution in [0.15, 0.2) is 24.3 Å². The second kappa shape index (κ2) is 14.6. The lowest BCUT2D eigenvalue weighted by atomic mass is 10.1. The van der Waals surface area contributed by atoms with E-state index in [4.69, 9.17) is 5.11 Å². The minimum Gasteiger partial charge on any atom is -0.481 e. The average molecular weight is 308 g/mol. The van der Waals surface area contributed by atoms with Crippen LogP contribution in [0.4, 0.5) is 0 Å². The third-order valence-electron chi connectivity index (χ3n) is 3.66. The molecule has 0 amide bonds. The second-order valence-corrected chi connectivity index (χ2v) is 5.82. The first kappa shape index (κ1) is 20.6. The second-order valence-electron chi connectivity index (χ2n) is 5.82. The number of Topliss-reactive ketones (excluding diaryl/α,β-unsaturated/α-hetero) is 1. The van der Waals surface area contributed by atoms with Crippen LogP contribution in [0.25, 0.3) is 0 Å². The maximum atomic E-state index is 11.0. The number of ketones is 1. The molecule has 1 aliphatic rings. The number of rotatable bonds is 9. The first-order valence-corrected chi connectivity index (χ1v) is 8.61. The maximum absolute atomic E-state index is 11.0. The molecule has 0 bridgehead atoms. The Morgan fingerprint density at radius 3 is 2.50 bits per heavy atom. The molecule has 1 fully saturated rings. The molecule has 0 aromatic heterocycles. The molecule has 3 nitrogen and oxygen atoms in total. The molecular formula is C19H32O3. The van der Waals surface area contributed by atoms with Gasteiger partial charge in [-0.2, -0.15) is 0 Å². The van der Waals surface area contributed by atoms with Gasteiger partial charge < -0.3 is 5.11 Å². The van der Waals surface area contributed by atoms with E-state index in [1.165, 1.54) is 25.7 Å². The summed E-state index contributed by atoms with van der Waals surface area (Å²) in [5.41, 5.74) is 0. The van der Waals surface area contributed by atoms with E-state index in [0.717, 1.165) is 32.1 Å². The van der Waals surface area contributed by atoms with E-state index in [0.29, 0.717) is 11.7 Å². The summed E-state index contributed by atoms with van der Waals surface area (Å²) in [4.78, 5) is 20.9. The number of hydrogen-bond donors (Lipinski definition) is 1. The number of carbonyl (C=O) groups is 2. The van der Waals surface area contributed by atoms with Crippen LogP contribution in [0.3, 0.4) is 0 Å². The van der Waals surface area contributed by atoms with Gasteiger partial charge in [0.1, 0.15) is 5.78 Å². The van der Waals surface area contributed by atoms with Crippen molar-refractivity contribution in [1.82, 2.24) is 0 Å². The van der Waals surface area contributed by atoms with E-state index in [1.807, 2.05) is 19.1 Å². The molecule has 1 atom stereocenters. The van der Waals surface area contributed by atoms with Crippen molar-refractivity contribution < 1.29 is 14.7 Å². The molecule has 1 rings (SSSR count). The standard InChI is InChI=1S/C12H20O.C7H12O2/c1-2-3-4-5-6-7-11-8-9-12(13)10-11;1-2-3-4-5-6-7(8)9/h6-7,11H,2-5,8-10H2,1H3;2-3H,4-6H2,1H3,(H,8,9)/b7-6+;3-2-/t11-;/m0./s1. The lowest BCUT2D eigenvalue weighted by Gasteiger charge is -1.98. The Kier molecular flexibility index (Phi) is 13.6. The molecule has 1 saturated carbocycles. The first-order chi connectivity index (χ1) is 10.6. The summed E-state index contributed by atoms with van der Waals surface area (Å²) < 4.78 is 0. The van der Waals surface area contributed by atoms with E-state index in [-0.39, 0.29) is 6.42 Å². The highest BCUT2D eigenvalue weighted by atomic mass is 16.4. The average Bonchev–Trinajstić information content (AvgIpc) is 2.90. The van der Waals surface area contributed by atoms with Crippen LogP contribution in [0, 0.1) is 5.92 Å². The third-order valence-corrected chi connectivity index (χ3v) is 3.66. The lowest BCUT2D eigenvalue weighted by Crippen LogP contribution is -1.92. The fraction of sp³-hybridized carbons (Fsp3) is 0.684. The molecule has 0 aliphatic heterocycles. The topological polar surface area (TPSA) is 54.4 Å². The van der Waals surface area contributed by atoms with Crippen LogP contribution < -0.4 is 0 Å². The van der Waals surface area contributed by atoms with E-state index < -0.39 is 5.97 Å². The highest BCUT2D eigenvalue weighted by Crippen LogP contribution is 2.23. The molecule has 1 N–H and O–H groups in total. The smallest absolute Gasteiger partial charge is 0.303 e. The predicted molar refractivity (Wildman–Crippen MR) is 91.9 cm³/mol. The van der Waals surface area contributed by atoms with Crippen LogP contribution in [0.2, 0.25) is 0 Å². The van der Waals surface area contributed by atoms with Gasteiger partial charge in [0.25, 0.3) is 0 Å². The number of aliphatic carboxylic acids is 1. The van der Waals surface area contributed by atoms with Crippen molar-refractivity contribution in [2.75, 3.05) is 0 Å². The van der Waals surface area contributed by atoms with Crippen molar-refractivity contribution in [3.8, 4) is 0 Å². The molecule has 22 heavy (non-hydrogen) atoms. The molecule has 0 unspecified atom stereocenters. The number of hydrogen-bond acceptors (Lipinski definition) is 2. The predicted octanol–water partition coefficient (Wildman–Crippen LogP) is 5.31. The number of carboxylic acids is 1. The summed E-state index contributed by atoms with van der Waals surface area (Å²) in [6, 6.07) is 0. The Morgan fingerprint density at radius 2 is 1.95 bits per heavy atom. The SMILES string of the molecule is C/C=C\CCCC(=O)O.CCCCC/C=C/[C@H]1CCC(=O)C1. The number of carboxylic acid groups (broad SMARTS) is 1. The first-order valence-electron chi connectivity index (χ1n) is 8.61. The van der Waals surface area contributed by atoms with Gasteiger partial charge in [-0.05, 0) is 44.9 Å². The number of carbonyl (C=O) groups excluding carboxylic acids is 1. The van der Waals surface area contributed by atoms with Gasteiger partial charge in [0, 0.05) is 19.3 Å². The van der Waals surface area contributed by atoms with Crippen molar-refractivity contribution >= 4 is 11.8 Å². The maximum Gasteiger partial charge on any atom is 0.303 e. The van der Waals surface area contributed by atoms with Crippen molar-refractivity contribution in [1.29, 1.82) is 0 Å². The highest BCUT2D eigenvalue weighted by Gasteiger charge is 2.18. The third kappa shape index (κ3) is 13.6. The minimum absolute atomic E-state index is 0.282. The van der Waals surface area contributed by atoms with Crippen molar-refractivity contribution in [2.45, 2.75) is 78.1 Å². The molecule has 0 spiro atoms. The van der Waals surface area contributed by atoms with Crippen molar-refractivity contribution in [3.05, 3.63) is 24.3 Å². The molecule has 0 radical (unpaired) electrons. The van der Waals surface area contributed by atoms with E-state index in [2.05, 4.69) is 19.1 Å². The van der Waals surface area contributed by atoms with Gasteiger partial charge in [0.2, 0.25) is 0 Å². The number of allylic oxidation sites excluding steroid dienone is 4. The summed E-state index contributed by atoms with van der Waals surface area (Å²) in [5.74, 6) is 0.303. The van der Waals surface area contributed by atoms with E-state index in [9.17, 15) is 9.59 Å². The van der Waals surface area contributed by atoms with Gasteiger partial charge >= 0.3 is 5.97 Å². The Labute approximate surface area is 135 Å². The molecule has 0 aromatic carbocycles. The fourth-order valence-corrected chi connectivity index (χ4v) is 2.35. The molecule has 3 heteroatoms. The zero-order chi connectivity index (χ0) is 16.6. The molecule has 126 valence electrons. The van der Waals surface area contributed by atoms with Crippen molar-refractivity contribution in [2.24, 2.45) is 5.92 Å².